The molecular formula is C19H12N3NaO2. The van der Waals surface area contributed by atoms with Crippen LogP contribution in [0, 0.1) is 0 Å². The molecule has 4 aromatic rings. The Morgan fingerprint density at radius 2 is 1.80 bits per heavy atom. The molecule has 0 saturated heterocycles. The average molecular weight is 337 g/mol. The largest absolute Gasteiger partial charge is 1.00 e. The number of pyridine rings is 2. The zero-order chi connectivity index (χ0) is 16.7. The fourth-order valence-electron chi connectivity index (χ4n) is 2.94. The number of fused-ring (bicyclic) bond motifs is 3. The summed E-state index contributed by atoms with van der Waals surface area (Å²) in [4.78, 5) is 19.5. The minimum atomic E-state index is -1.20. The summed E-state index contributed by atoms with van der Waals surface area (Å²) in [6, 6.07) is 12.5. The standard InChI is InChI=1S/C19H13N3O2.Na/c20-18-4-2-12(9-22-18)16-8-13-7-11(19(23)24)1-3-14(13)17-10-21-6-5-15(16)17;/h1-10H,(H2,20,22)(H,23,24);/q;+1/p-1. The molecule has 25 heavy (non-hydrogen) atoms. The predicted octanol–water partition coefficient (Wildman–Crippen LogP) is -0.600. The van der Waals surface area contributed by atoms with E-state index in [0.717, 1.165) is 32.7 Å². The maximum absolute atomic E-state index is 11.2. The molecule has 0 spiro atoms. The second kappa shape index (κ2) is 6.80. The molecule has 0 saturated carbocycles. The molecule has 0 bridgehead atoms. The molecule has 0 aliphatic heterocycles. The number of hydrogen-bond acceptors (Lipinski definition) is 5. The summed E-state index contributed by atoms with van der Waals surface area (Å²) in [6.45, 7) is 0. The van der Waals surface area contributed by atoms with Crippen LogP contribution < -0.4 is 40.4 Å². The Morgan fingerprint density at radius 1 is 0.960 bits per heavy atom. The van der Waals surface area contributed by atoms with Crippen LogP contribution in [-0.2, 0) is 0 Å². The number of hydrogen-bond donors (Lipinski definition) is 1. The summed E-state index contributed by atoms with van der Waals surface area (Å²) in [5, 5.41) is 14.9. The van der Waals surface area contributed by atoms with Gasteiger partial charge in [-0.1, -0.05) is 12.1 Å². The summed E-state index contributed by atoms with van der Waals surface area (Å²) >= 11 is 0. The van der Waals surface area contributed by atoms with Crippen LogP contribution in [0.1, 0.15) is 10.4 Å². The van der Waals surface area contributed by atoms with E-state index in [1.165, 1.54) is 0 Å². The number of anilines is 1. The van der Waals surface area contributed by atoms with E-state index in [1.807, 2.05) is 18.2 Å². The molecule has 0 fully saturated rings. The molecule has 0 aliphatic carbocycles. The van der Waals surface area contributed by atoms with Gasteiger partial charge in [0.15, 0.2) is 0 Å². The molecule has 0 unspecified atom stereocenters. The molecule has 2 heterocycles. The van der Waals surface area contributed by atoms with Crippen LogP contribution >= 0.6 is 0 Å². The van der Waals surface area contributed by atoms with Crippen LogP contribution in [0.5, 0.6) is 0 Å². The molecular weight excluding hydrogens is 325 g/mol. The summed E-state index contributed by atoms with van der Waals surface area (Å²) in [7, 11) is 0. The predicted molar refractivity (Wildman–Crippen MR) is 91.2 cm³/mol. The molecule has 4 rings (SSSR count). The third-order valence-electron chi connectivity index (χ3n) is 4.09. The Kier molecular flexibility index (Phi) is 4.72. The molecule has 2 aromatic carbocycles. The van der Waals surface area contributed by atoms with E-state index < -0.39 is 5.97 Å². The number of nitrogen functional groups attached to an aromatic ring is 1. The Balaban J connectivity index is 0.00000182. The van der Waals surface area contributed by atoms with Gasteiger partial charge in [-0.3, -0.25) is 4.98 Å². The Bertz CT molecular complexity index is 1090. The van der Waals surface area contributed by atoms with Crippen molar-refractivity contribution in [2.45, 2.75) is 0 Å². The second-order valence-electron chi connectivity index (χ2n) is 5.54. The smallest absolute Gasteiger partial charge is 0.545 e. The first-order valence-corrected chi connectivity index (χ1v) is 7.37. The summed E-state index contributed by atoms with van der Waals surface area (Å²) in [5.74, 6) is -0.747. The first kappa shape index (κ1) is 17.4. The monoisotopic (exact) mass is 337 g/mol. The molecule has 2 aromatic heterocycles. The maximum Gasteiger partial charge on any atom is 1.00 e. The molecule has 116 valence electrons. The number of carbonyl (C=O) groups excluding carboxylic acids is 1. The van der Waals surface area contributed by atoms with Gasteiger partial charge in [0.1, 0.15) is 5.82 Å². The van der Waals surface area contributed by atoms with Crippen LogP contribution in [0.3, 0.4) is 0 Å². The van der Waals surface area contributed by atoms with E-state index >= 15 is 0 Å². The fraction of sp³-hybridized carbons (Fsp3) is 0. The number of carboxylic acids is 1. The van der Waals surface area contributed by atoms with Gasteiger partial charge >= 0.3 is 29.6 Å². The van der Waals surface area contributed by atoms with Gasteiger partial charge in [0.05, 0.1) is 5.97 Å². The van der Waals surface area contributed by atoms with Gasteiger partial charge in [0.25, 0.3) is 0 Å². The quantitative estimate of drug-likeness (QED) is 0.390. The zero-order valence-electron chi connectivity index (χ0n) is 13.6. The Morgan fingerprint density at radius 3 is 2.52 bits per heavy atom. The van der Waals surface area contributed by atoms with Crippen LogP contribution in [0.15, 0.2) is 61.1 Å². The number of rotatable bonds is 2. The molecule has 0 amide bonds. The van der Waals surface area contributed by atoms with E-state index in [4.69, 9.17) is 5.73 Å². The topological polar surface area (TPSA) is 91.9 Å². The number of benzene rings is 2. The van der Waals surface area contributed by atoms with Gasteiger partial charge in [0, 0.05) is 29.5 Å². The number of nitrogens with zero attached hydrogens (tertiary/aromatic N) is 2. The Hall–Kier alpha value is -2.47. The van der Waals surface area contributed by atoms with E-state index in [2.05, 4.69) is 9.97 Å². The SMILES string of the molecule is Nc1ccc(-c2cc3cc(C(=O)[O-])ccc3c3cnccc23)cn1.[Na+]. The normalized spacial score (nSPS) is 10.6. The van der Waals surface area contributed by atoms with Crippen molar-refractivity contribution in [3.05, 3.63) is 66.6 Å². The molecule has 5 nitrogen and oxygen atoms in total. The number of carbonyl (C=O) groups is 1. The van der Waals surface area contributed by atoms with Crippen molar-refractivity contribution in [1.82, 2.24) is 9.97 Å². The van der Waals surface area contributed by atoms with Crippen molar-refractivity contribution in [2.24, 2.45) is 0 Å². The van der Waals surface area contributed by atoms with Crippen LogP contribution in [-0.4, -0.2) is 15.9 Å². The second-order valence-corrected chi connectivity index (χ2v) is 5.54. The fourth-order valence-corrected chi connectivity index (χ4v) is 2.94. The van der Waals surface area contributed by atoms with Crippen LogP contribution in [0.25, 0.3) is 32.7 Å². The first-order chi connectivity index (χ1) is 11.6. The van der Waals surface area contributed by atoms with Crippen molar-refractivity contribution in [2.75, 3.05) is 5.73 Å². The summed E-state index contributed by atoms with van der Waals surface area (Å²) in [5.41, 5.74) is 7.66. The van der Waals surface area contributed by atoms with Gasteiger partial charge in [-0.2, -0.15) is 0 Å². The van der Waals surface area contributed by atoms with E-state index in [9.17, 15) is 9.90 Å². The van der Waals surface area contributed by atoms with Crippen molar-refractivity contribution < 1.29 is 39.5 Å². The van der Waals surface area contributed by atoms with Gasteiger partial charge in [0.2, 0.25) is 0 Å². The number of carboxylic acid groups (broad SMARTS) is 1. The van der Waals surface area contributed by atoms with Gasteiger partial charge in [-0.15, -0.1) is 0 Å². The molecule has 0 atom stereocenters. The maximum atomic E-state index is 11.2. The number of aromatic nitrogens is 2. The minimum absolute atomic E-state index is 0. The average Bonchev–Trinajstić information content (AvgIpc) is 2.61. The molecule has 6 heteroatoms. The van der Waals surface area contributed by atoms with Crippen molar-refractivity contribution in [3.63, 3.8) is 0 Å². The first-order valence-electron chi connectivity index (χ1n) is 7.37. The molecule has 0 aliphatic rings. The van der Waals surface area contributed by atoms with Crippen molar-refractivity contribution in [3.8, 4) is 11.1 Å². The third-order valence-corrected chi connectivity index (χ3v) is 4.09. The van der Waals surface area contributed by atoms with E-state index in [0.29, 0.717) is 5.82 Å². The van der Waals surface area contributed by atoms with Crippen LogP contribution in [0.4, 0.5) is 5.82 Å². The van der Waals surface area contributed by atoms with Crippen molar-refractivity contribution >= 4 is 33.3 Å². The van der Waals surface area contributed by atoms with Gasteiger partial charge in [-0.25, -0.2) is 4.98 Å². The third kappa shape index (κ3) is 3.09. The van der Waals surface area contributed by atoms with Gasteiger partial charge < -0.3 is 15.6 Å². The zero-order valence-corrected chi connectivity index (χ0v) is 15.6. The molecule has 0 radical (unpaired) electrons. The van der Waals surface area contributed by atoms with E-state index in [-0.39, 0.29) is 35.1 Å². The number of aromatic carboxylic acids is 1. The van der Waals surface area contributed by atoms with Gasteiger partial charge in [-0.05, 0) is 57.6 Å². The Labute approximate surface area is 165 Å². The summed E-state index contributed by atoms with van der Waals surface area (Å²) in [6.07, 6.45) is 5.22. The van der Waals surface area contributed by atoms with Crippen molar-refractivity contribution in [1.29, 1.82) is 0 Å². The number of nitrogens with two attached hydrogens (primary N) is 1. The van der Waals surface area contributed by atoms with Crippen LogP contribution in [0.2, 0.25) is 0 Å². The summed E-state index contributed by atoms with van der Waals surface area (Å²) < 4.78 is 0. The molecule has 2 N–H and O–H groups in total. The van der Waals surface area contributed by atoms with E-state index in [1.54, 1.807) is 42.9 Å². The minimum Gasteiger partial charge on any atom is -0.545 e.